The third kappa shape index (κ3) is 52.3. The molecule has 488 valence electrons. The fourth-order valence-corrected chi connectivity index (χ4v) is 10.6. The fraction of sp³-hybridized carbons (Fsp3) is 0.724. The molecule has 85 heavy (non-hydrogen) atoms. The molecule has 7 atom stereocenters. The summed E-state index contributed by atoms with van der Waals surface area (Å²) in [5, 5.41) is 54.7. The van der Waals surface area contributed by atoms with E-state index in [9.17, 15) is 30.3 Å². The van der Waals surface area contributed by atoms with Gasteiger partial charge in [0.1, 0.15) is 24.4 Å². The lowest BCUT2D eigenvalue weighted by Gasteiger charge is -2.40. The molecule has 9 heteroatoms. The summed E-state index contributed by atoms with van der Waals surface area (Å²) >= 11 is 0. The van der Waals surface area contributed by atoms with Crippen LogP contribution in [0.3, 0.4) is 0 Å². The number of carbonyl (C=O) groups excluding carboxylic acids is 1. The highest BCUT2D eigenvalue weighted by atomic mass is 16.7. The molecular weight excluding hydrogens is 1050 g/mol. The number of ether oxygens (including phenoxy) is 2. The molecule has 0 aliphatic carbocycles. The molecule has 0 aromatic heterocycles. The molecule has 1 fully saturated rings. The van der Waals surface area contributed by atoms with Crippen molar-refractivity contribution in [3.63, 3.8) is 0 Å². The second-order valence-corrected chi connectivity index (χ2v) is 23.9. The summed E-state index contributed by atoms with van der Waals surface area (Å²) in [6, 6.07) is -0.813. The average Bonchev–Trinajstić information content (AvgIpc) is 3.68. The first-order valence-corrected chi connectivity index (χ1v) is 35.3. The van der Waals surface area contributed by atoms with Gasteiger partial charge in [-0.1, -0.05) is 322 Å². The van der Waals surface area contributed by atoms with Gasteiger partial charge in [-0.15, -0.1) is 0 Å². The SMILES string of the molecule is CC/C=C\C/C=C\C/C=C\C/C=C\C/C=C\C/C=C\C/C=C\C/C=C\C/C=C\CCCCCCCCCCCCCCCC(=O)NC(COC1OC(CO)C(O)C(O)C1O)C(O)/C=C/CCCCCCCCCCCCCCCCCCCCC. The Hall–Kier alpha value is -3.41. The predicted molar refractivity (Wildman–Crippen MR) is 364 cm³/mol. The van der Waals surface area contributed by atoms with E-state index in [1.54, 1.807) is 6.08 Å². The number of aliphatic hydroxyl groups is 5. The second kappa shape index (κ2) is 63.6. The standard InChI is InChI=1S/C76H131NO8/c1-3-5-7-9-11-13-15-17-19-21-23-25-26-27-28-29-30-31-32-33-34-35-36-37-38-39-40-41-42-43-44-46-48-50-52-54-56-58-60-62-64-66-72(80)77-69(68-84-76-75(83)74(82)73(81)71(67-78)85-76)70(79)65-63-61-59-57-55-53-51-49-47-45-24-22-20-18-16-14-12-10-8-6-4-2/h5,7,11,13,17,19,23,25,27-28,30-31,33-34,36-37,39-40,63,65,69-71,73-76,78-79,81-83H,3-4,6,8-10,12,14-16,18,20-22,24,26,29,32,35,38,41-62,64,66-68H2,1-2H3,(H,77,80)/b7-5-,13-11-,19-17-,25-23-,28-27-,31-30-,34-33-,37-36-,40-39-,65-63+. The maximum Gasteiger partial charge on any atom is 0.220 e. The lowest BCUT2D eigenvalue weighted by molar-refractivity contribution is -0.302. The van der Waals surface area contributed by atoms with Gasteiger partial charge in [-0.05, 0) is 89.9 Å². The normalized spacial score (nSPS) is 18.9. The summed E-state index contributed by atoms with van der Waals surface area (Å²) in [4.78, 5) is 13.1. The average molecular weight is 1190 g/mol. The molecule has 1 amide bonds. The number of hydrogen-bond donors (Lipinski definition) is 6. The zero-order chi connectivity index (χ0) is 61.4. The van der Waals surface area contributed by atoms with Gasteiger partial charge in [0.05, 0.1) is 25.4 Å². The number of amides is 1. The van der Waals surface area contributed by atoms with Gasteiger partial charge in [0.2, 0.25) is 5.91 Å². The smallest absolute Gasteiger partial charge is 0.220 e. The number of hydrogen-bond acceptors (Lipinski definition) is 8. The summed E-state index contributed by atoms with van der Waals surface area (Å²) in [5.41, 5.74) is 0. The maximum atomic E-state index is 13.1. The molecule has 7 unspecified atom stereocenters. The van der Waals surface area contributed by atoms with Gasteiger partial charge < -0.3 is 40.3 Å². The molecule has 0 saturated carbocycles. The minimum atomic E-state index is -1.57. The molecule has 1 heterocycles. The van der Waals surface area contributed by atoms with Gasteiger partial charge in [-0.2, -0.15) is 0 Å². The van der Waals surface area contributed by atoms with Crippen LogP contribution in [0.1, 0.15) is 296 Å². The summed E-state index contributed by atoms with van der Waals surface area (Å²) in [7, 11) is 0. The molecule has 9 nitrogen and oxygen atoms in total. The Morgan fingerprint density at radius 1 is 0.412 bits per heavy atom. The third-order valence-electron chi connectivity index (χ3n) is 16.0. The Morgan fingerprint density at radius 2 is 0.729 bits per heavy atom. The molecule has 0 aromatic carbocycles. The van der Waals surface area contributed by atoms with E-state index in [0.29, 0.717) is 6.42 Å². The number of allylic oxidation sites excluding steroid dienone is 19. The molecule has 1 saturated heterocycles. The van der Waals surface area contributed by atoms with Crippen LogP contribution in [-0.4, -0.2) is 87.5 Å². The van der Waals surface area contributed by atoms with Gasteiger partial charge >= 0.3 is 0 Å². The van der Waals surface area contributed by atoms with Crippen LogP contribution in [0.15, 0.2) is 122 Å². The highest BCUT2D eigenvalue weighted by molar-refractivity contribution is 5.76. The lowest BCUT2D eigenvalue weighted by Crippen LogP contribution is -2.60. The van der Waals surface area contributed by atoms with E-state index in [1.165, 1.54) is 180 Å². The molecule has 1 aliphatic rings. The van der Waals surface area contributed by atoms with Gasteiger partial charge in [-0.3, -0.25) is 4.79 Å². The molecular formula is C76H131NO8. The minimum Gasteiger partial charge on any atom is -0.394 e. The quantitative estimate of drug-likeness (QED) is 0.0261. The minimum absolute atomic E-state index is 0.179. The lowest BCUT2D eigenvalue weighted by atomic mass is 9.99. The van der Waals surface area contributed by atoms with Crippen molar-refractivity contribution in [1.29, 1.82) is 0 Å². The molecule has 0 aromatic rings. The number of unbranched alkanes of at least 4 members (excludes halogenated alkanes) is 32. The van der Waals surface area contributed by atoms with Crippen LogP contribution in [0.25, 0.3) is 0 Å². The van der Waals surface area contributed by atoms with Crippen molar-refractivity contribution in [2.24, 2.45) is 0 Å². The summed E-state index contributed by atoms with van der Waals surface area (Å²) in [6.07, 6.45) is 88.6. The van der Waals surface area contributed by atoms with Crippen molar-refractivity contribution in [2.75, 3.05) is 13.2 Å². The van der Waals surface area contributed by atoms with E-state index in [4.69, 9.17) is 9.47 Å². The van der Waals surface area contributed by atoms with Gasteiger partial charge in [0, 0.05) is 6.42 Å². The number of nitrogens with one attached hydrogen (secondary N) is 1. The Morgan fingerprint density at radius 3 is 1.08 bits per heavy atom. The summed E-state index contributed by atoms with van der Waals surface area (Å²) < 4.78 is 11.3. The molecule has 0 spiro atoms. The summed E-state index contributed by atoms with van der Waals surface area (Å²) in [5.74, 6) is -0.179. The molecule has 1 aliphatic heterocycles. The monoisotopic (exact) mass is 1190 g/mol. The first kappa shape index (κ1) is 79.6. The second-order valence-electron chi connectivity index (χ2n) is 23.9. The third-order valence-corrected chi connectivity index (χ3v) is 16.0. The van der Waals surface area contributed by atoms with Crippen molar-refractivity contribution in [2.45, 2.75) is 339 Å². The van der Waals surface area contributed by atoms with Crippen molar-refractivity contribution in [3.8, 4) is 0 Å². The highest BCUT2D eigenvalue weighted by Crippen LogP contribution is 2.23. The first-order chi connectivity index (χ1) is 41.8. The number of carbonyl (C=O) groups is 1. The fourth-order valence-electron chi connectivity index (χ4n) is 10.6. The highest BCUT2D eigenvalue weighted by Gasteiger charge is 2.44. The maximum absolute atomic E-state index is 13.1. The Labute approximate surface area is 522 Å². The van der Waals surface area contributed by atoms with E-state index in [0.717, 1.165) is 96.3 Å². The number of aliphatic hydroxyl groups excluding tert-OH is 5. The van der Waals surface area contributed by atoms with Crippen LogP contribution in [0.4, 0.5) is 0 Å². The van der Waals surface area contributed by atoms with Crippen LogP contribution < -0.4 is 5.32 Å². The van der Waals surface area contributed by atoms with Gasteiger partial charge in [0.25, 0.3) is 0 Å². The molecule has 6 N–H and O–H groups in total. The predicted octanol–water partition coefficient (Wildman–Crippen LogP) is 19.4. The molecule has 1 rings (SSSR count). The molecule has 0 radical (unpaired) electrons. The zero-order valence-corrected chi connectivity index (χ0v) is 54.6. The van der Waals surface area contributed by atoms with Crippen molar-refractivity contribution in [3.05, 3.63) is 122 Å². The number of rotatable bonds is 60. The van der Waals surface area contributed by atoms with E-state index >= 15 is 0 Å². The first-order valence-electron chi connectivity index (χ1n) is 35.3. The van der Waals surface area contributed by atoms with E-state index < -0.39 is 49.5 Å². The van der Waals surface area contributed by atoms with Crippen molar-refractivity contribution in [1.82, 2.24) is 5.32 Å². The van der Waals surface area contributed by atoms with E-state index in [1.807, 2.05) is 6.08 Å². The van der Waals surface area contributed by atoms with Crippen molar-refractivity contribution < 1.29 is 39.8 Å². The van der Waals surface area contributed by atoms with Crippen LogP contribution in [0.5, 0.6) is 0 Å². The summed E-state index contributed by atoms with van der Waals surface area (Å²) in [6.45, 7) is 3.69. The Kier molecular flexibility index (Phi) is 59.6. The Balaban J connectivity index is 2.12. The van der Waals surface area contributed by atoms with E-state index in [2.05, 4.69) is 129 Å². The molecule has 0 bridgehead atoms. The zero-order valence-electron chi connectivity index (χ0n) is 54.6. The van der Waals surface area contributed by atoms with Crippen molar-refractivity contribution >= 4 is 5.91 Å². The van der Waals surface area contributed by atoms with Gasteiger partial charge in [-0.25, -0.2) is 0 Å². The van der Waals surface area contributed by atoms with Crippen LogP contribution in [-0.2, 0) is 14.3 Å². The van der Waals surface area contributed by atoms with Crippen LogP contribution in [0.2, 0.25) is 0 Å². The van der Waals surface area contributed by atoms with Crippen LogP contribution >= 0.6 is 0 Å². The van der Waals surface area contributed by atoms with Crippen LogP contribution in [0, 0.1) is 0 Å². The van der Waals surface area contributed by atoms with E-state index in [-0.39, 0.29) is 12.5 Å². The largest absolute Gasteiger partial charge is 0.394 e. The Bertz CT molecular complexity index is 1760. The van der Waals surface area contributed by atoms with Gasteiger partial charge in [0.15, 0.2) is 6.29 Å². The topological polar surface area (TPSA) is 149 Å².